The number of hydrogen-bond acceptors (Lipinski definition) is 6. The van der Waals surface area contributed by atoms with Crippen molar-refractivity contribution in [3.05, 3.63) is 142 Å². The molecule has 1 saturated carbocycles. The van der Waals surface area contributed by atoms with Crippen molar-refractivity contribution in [2.75, 3.05) is 11.5 Å². The first-order valence-electron chi connectivity index (χ1n) is 17.4. The largest absolute Gasteiger partial charge is 0.504 e. The summed E-state index contributed by atoms with van der Waals surface area (Å²) in [4.78, 5) is 60.2. The number of rotatable bonds is 6. The summed E-state index contributed by atoms with van der Waals surface area (Å²) in [7, 11) is 0. The molecular formula is C43H36ClNO6. The number of Topliss-reactive ketones (excluding diaryl/α,β-unsaturated/α-hetero) is 1. The monoisotopic (exact) mass is 697 g/mol. The van der Waals surface area contributed by atoms with Crippen LogP contribution in [0.3, 0.4) is 0 Å². The molecule has 0 radical (unpaired) electrons. The van der Waals surface area contributed by atoms with Crippen molar-refractivity contribution < 1.29 is 29.0 Å². The van der Waals surface area contributed by atoms with Crippen LogP contribution >= 0.6 is 11.6 Å². The highest BCUT2D eigenvalue weighted by Gasteiger charge is 2.66. The number of amides is 2. The summed E-state index contributed by atoms with van der Waals surface area (Å²) in [5.41, 5.74) is 3.07. The van der Waals surface area contributed by atoms with E-state index >= 15 is 9.59 Å². The fraction of sp³-hybridized carbons (Fsp3) is 0.256. The number of nitrogens with zero attached hydrogens (tertiary/aromatic N) is 1. The fourth-order valence-corrected chi connectivity index (χ4v) is 9.38. The van der Waals surface area contributed by atoms with Gasteiger partial charge in [0.2, 0.25) is 11.8 Å². The van der Waals surface area contributed by atoms with Gasteiger partial charge in [-0.2, -0.15) is 0 Å². The van der Waals surface area contributed by atoms with Gasteiger partial charge in [-0.25, -0.2) is 4.90 Å². The molecule has 4 aromatic rings. The van der Waals surface area contributed by atoms with Crippen molar-refractivity contribution in [1.29, 1.82) is 0 Å². The summed E-state index contributed by atoms with van der Waals surface area (Å²) >= 11 is 6.47. The molecule has 51 heavy (non-hydrogen) atoms. The number of phenols is 1. The second-order valence-corrected chi connectivity index (χ2v) is 14.3. The second-order valence-electron chi connectivity index (χ2n) is 13.9. The Kier molecular flexibility index (Phi) is 8.06. The molecule has 1 N–H and O–H groups in total. The zero-order valence-electron chi connectivity index (χ0n) is 28.2. The van der Waals surface area contributed by atoms with Gasteiger partial charge in [0.05, 0.1) is 29.5 Å². The lowest BCUT2D eigenvalue weighted by atomic mass is 9.44. The van der Waals surface area contributed by atoms with Gasteiger partial charge in [0.1, 0.15) is 0 Å². The van der Waals surface area contributed by atoms with Crippen LogP contribution in [0.4, 0.5) is 5.69 Å². The second kappa shape index (κ2) is 12.5. The van der Waals surface area contributed by atoms with Crippen molar-refractivity contribution in [2.45, 2.75) is 38.0 Å². The molecule has 3 aliphatic carbocycles. The number of fused-ring (bicyclic) bond motifs is 4. The van der Waals surface area contributed by atoms with Crippen molar-refractivity contribution in [2.24, 2.45) is 23.7 Å². The molecule has 0 unspecified atom stereocenters. The summed E-state index contributed by atoms with van der Waals surface area (Å²) in [6, 6.07) is 28.9. The van der Waals surface area contributed by atoms with Crippen LogP contribution in [-0.2, 0) is 24.6 Å². The number of phenolic OH excluding ortho intramolecular Hbond substituents is 1. The Labute approximate surface area is 301 Å². The van der Waals surface area contributed by atoms with Gasteiger partial charge >= 0.3 is 0 Å². The number of carbonyl (C=O) groups is 4. The Hall–Kier alpha value is -5.27. The van der Waals surface area contributed by atoms with Gasteiger partial charge in [-0.3, -0.25) is 19.2 Å². The minimum absolute atomic E-state index is 0.0442. The number of ketones is 2. The van der Waals surface area contributed by atoms with E-state index in [-0.39, 0.29) is 41.3 Å². The minimum atomic E-state index is -1.37. The molecule has 0 aromatic heterocycles. The number of halogens is 1. The third kappa shape index (κ3) is 4.93. The Morgan fingerprint density at radius 1 is 0.882 bits per heavy atom. The van der Waals surface area contributed by atoms with Gasteiger partial charge in [0.25, 0.3) is 0 Å². The molecule has 7 nitrogen and oxygen atoms in total. The molecule has 4 aromatic carbocycles. The SMILES string of the molecule is CCOc1cc([C@H]2C3=CC[C@@H]4C(=O)N(c5ccc(C)c(Cl)c5)C(=O)[C@@H]4[C@@H]3C[C@H]3C(=O)C(c4ccccc4)=CC(=O)[C@@]23c2ccccc2)ccc1O. The zero-order valence-corrected chi connectivity index (χ0v) is 29.0. The van der Waals surface area contributed by atoms with E-state index in [2.05, 4.69) is 0 Å². The quantitative estimate of drug-likeness (QED) is 0.163. The maximum Gasteiger partial charge on any atom is 0.238 e. The number of imide groups is 1. The van der Waals surface area contributed by atoms with Gasteiger partial charge in [-0.05, 0) is 85.2 Å². The van der Waals surface area contributed by atoms with Crippen molar-refractivity contribution in [1.82, 2.24) is 0 Å². The summed E-state index contributed by atoms with van der Waals surface area (Å²) in [5.74, 6) is -4.27. The van der Waals surface area contributed by atoms with E-state index in [1.807, 2.05) is 80.6 Å². The van der Waals surface area contributed by atoms with E-state index in [1.165, 1.54) is 11.0 Å². The van der Waals surface area contributed by atoms with Gasteiger partial charge in [-0.15, -0.1) is 0 Å². The maximum absolute atomic E-state index is 15.2. The molecule has 1 heterocycles. The third-order valence-electron chi connectivity index (χ3n) is 11.4. The molecule has 6 atom stereocenters. The molecule has 4 aliphatic rings. The Morgan fingerprint density at radius 2 is 1.61 bits per heavy atom. The zero-order chi connectivity index (χ0) is 35.6. The Balaban J connectivity index is 1.36. The summed E-state index contributed by atoms with van der Waals surface area (Å²) in [5, 5.41) is 11.2. The molecule has 8 heteroatoms. The van der Waals surface area contributed by atoms with Crippen molar-refractivity contribution in [3.63, 3.8) is 0 Å². The number of carbonyl (C=O) groups excluding carboxylic acids is 4. The van der Waals surface area contributed by atoms with Crippen molar-refractivity contribution >= 4 is 46.2 Å². The molecule has 8 rings (SSSR count). The highest BCUT2D eigenvalue weighted by Crippen LogP contribution is 2.64. The predicted molar refractivity (Wildman–Crippen MR) is 195 cm³/mol. The number of hydrogen-bond donors (Lipinski definition) is 1. The van der Waals surface area contributed by atoms with Crippen LogP contribution < -0.4 is 9.64 Å². The Morgan fingerprint density at radius 3 is 2.31 bits per heavy atom. The smallest absolute Gasteiger partial charge is 0.238 e. The highest BCUT2D eigenvalue weighted by molar-refractivity contribution is 6.33. The standard InChI is InChI=1S/C43H36ClNO6/c1-3-51-36-20-26(15-19-35(36)46)39-29-17-18-30-38(42(50)45(41(30)49)28-16-14-24(2)34(44)21-28)32(29)22-33-40(48)31(25-10-6-4-7-11-25)23-37(47)43(33,39)27-12-8-5-9-13-27/h4-17,19-21,23,30,32-33,38-39,46H,3,18,22H2,1-2H3/t30-,32+,33-,38-,39-,43-/m0/s1. The normalized spacial score (nSPS) is 27.0. The predicted octanol–water partition coefficient (Wildman–Crippen LogP) is 7.78. The number of anilines is 1. The van der Waals surface area contributed by atoms with Gasteiger partial charge in [0, 0.05) is 22.4 Å². The van der Waals surface area contributed by atoms with Crippen LogP contribution in [0.1, 0.15) is 47.9 Å². The molecular weight excluding hydrogens is 662 g/mol. The number of ether oxygens (including phenoxy) is 1. The molecule has 1 aliphatic heterocycles. The molecule has 1 saturated heterocycles. The van der Waals surface area contributed by atoms with Crippen LogP contribution in [0.25, 0.3) is 5.57 Å². The number of aromatic hydroxyl groups is 1. The molecule has 2 amide bonds. The van der Waals surface area contributed by atoms with Crippen LogP contribution in [0.2, 0.25) is 5.02 Å². The first-order chi connectivity index (χ1) is 24.7. The van der Waals surface area contributed by atoms with E-state index < -0.39 is 35.0 Å². The van der Waals surface area contributed by atoms with Crippen molar-refractivity contribution in [3.8, 4) is 11.5 Å². The van der Waals surface area contributed by atoms with Gasteiger partial charge in [0.15, 0.2) is 23.1 Å². The lowest BCUT2D eigenvalue weighted by molar-refractivity contribution is -0.135. The fourth-order valence-electron chi connectivity index (χ4n) is 9.21. The van der Waals surface area contributed by atoms with E-state index in [1.54, 1.807) is 36.4 Å². The first-order valence-corrected chi connectivity index (χ1v) is 17.8. The number of aryl methyl sites for hydroxylation is 1. The van der Waals surface area contributed by atoms with E-state index in [9.17, 15) is 14.7 Å². The third-order valence-corrected chi connectivity index (χ3v) is 11.8. The lowest BCUT2D eigenvalue weighted by Crippen LogP contribution is -2.58. The first kappa shape index (κ1) is 32.9. The molecule has 0 spiro atoms. The number of allylic oxidation sites excluding steroid dienone is 4. The van der Waals surface area contributed by atoms with Crippen LogP contribution in [-0.4, -0.2) is 35.1 Å². The number of benzene rings is 4. The summed E-state index contributed by atoms with van der Waals surface area (Å²) < 4.78 is 5.83. The van der Waals surface area contributed by atoms with E-state index in [0.29, 0.717) is 46.0 Å². The average molecular weight is 698 g/mol. The van der Waals surface area contributed by atoms with Gasteiger partial charge < -0.3 is 9.84 Å². The van der Waals surface area contributed by atoms with Crippen LogP contribution in [0.15, 0.2) is 115 Å². The summed E-state index contributed by atoms with van der Waals surface area (Å²) in [6.07, 6.45) is 4.02. The van der Waals surface area contributed by atoms with Crippen LogP contribution in [0.5, 0.6) is 11.5 Å². The minimum Gasteiger partial charge on any atom is -0.504 e. The average Bonchev–Trinajstić information content (AvgIpc) is 3.40. The molecule has 0 bridgehead atoms. The molecule has 256 valence electrons. The summed E-state index contributed by atoms with van der Waals surface area (Å²) in [6.45, 7) is 3.99. The van der Waals surface area contributed by atoms with E-state index in [0.717, 1.165) is 11.1 Å². The Bertz CT molecular complexity index is 2180. The highest BCUT2D eigenvalue weighted by atomic mass is 35.5. The topological polar surface area (TPSA) is 101 Å². The van der Waals surface area contributed by atoms with Crippen LogP contribution in [0, 0.1) is 30.6 Å². The van der Waals surface area contributed by atoms with Gasteiger partial charge in [-0.1, -0.05) is 96.0 Å². The lowest BCUT2D eigenvalue weighted by Gasteiger charge is -2.55. The molecule has 2 fully saturated rings. The maximum atomic E-state index is 15.2. The van der Waals surface area contributed by atoms with E-state index in [4.69, 9.17) is 16.3 Å².